The molecule has 90 valence electrons. The number of aryl methyl sites for hydroxylation is 2. The van der Waals surface area contributed by atoms with Gasteiger partial charge in [-0.25, -0.2) is 4.98 Å². The standard InChI is InChI=1S/C10H17N3O2S/c1-4-12-8(9(11)14)5-16-10-13-6(2)7(3)15-10/h8,12H,4-5H2,1-3H3,(H2,11,14). The van der Waals surface area contributed by atoms with Crippen molar-refractivity contribution in [1.29, 1.82) is 0 Å². The summed E-state index contributed by atoms with van der Waals surface area (Å²) in [5.74, 6) is 0.985. The summed E-state index contributed by atoms with van der Waals surface area (Å²) in [5.41, 5.74) is 6.13. The molecule has 0 aliphatic rings. The number of nitrogens with two attached hydrogens (primary N) is 1. The van der Waals surface area contributed by atoms with Gasteiger partial charge in [-0.2, -0.15) is 0 Å². The van der Waals surface area contributed by atoms with Gasteiger partial charge in [0.05, 0.1) is 11.7 Å². The number of primary amides is 1. The van der Waals surface area contributed by atoms with Crippen LogP contribution < -0.4 is 11.1 Å². The first-order valence-corrected chi connectivity index (χ1v) is 6.12. The van der Waals surface area contributed by atoms with Crippen molar-refractivity contribution in [1.82, 2.24) is 10.3 Å². The summed E-state index contributed by atoms with van der Waals surface area (Å²) in [4.78, 5) is 15.3. The van der Waals surface area contributed by atoms with Gasteiger partial charge in [0.2, 0.25) is 5.91 Å². The minimum atomic E-state index is -0.352. The van der Waals surface area contributed by atoms with Crippen LogP contribution in [0.1, 0.15) is 18.4 Å². The zero-order valence-electron chi connectivity index (χ0n) is 9.74. The summed E-state index contributed by atoms with van der Waals surface area (Å²) in [6.45, 7) is 6.39. The Kier molecular flexibility index (Phi) is 4.82. The van der Waals surface area contributed by atoms with Crippen LogP contribution in [-0.2, 0) is 4.79 Å². The first kappa shape index (κ1) is 13.1. The third-order valence-electron chi connectivity index (χ3n) is 2.18. The number of likely N-dealkylation sites (N-methyl/N-ethyl adjacent to an activating group) is 1. The van der Waals surface area contributed by atoms with Crippen molar-refractivity contribution in [3.05, 3.63) is 11.5 Å². The highest BCUT2D eigenvalue weighted by Gasteiger charge is 2.16. The van der Waals surface area contributed by atoms with Gasteiger partial charge in [-0.15, -0.1) is 0 Å². The zero-order chi connectivity index (χ0) is 12.1. The molecule has 0 fully saturated rings. The first-order chi connectivity index (χ1) is 7.54. The number of oxazole rings is 1. The fourth-order valence-corrected chi connectivity index (χ4v) is 2.12. The predicted octanol–water partition coefficient (Wildman–Crippen LogP) is 0.847. The topological polar surface area (TPSA) is 81.2 Å². The van der Waals surface area contributed by atoms with Gasteiger partial charge in [0, 0.05) is 5.75 Å². The second kappa shape index (κ2) is 5.91. The van der Waals surface area contributed by atoms with E-state index in [-0.39, 0.29) is 11.9 Å². The minimum Gasteiger partial charge on any atom is -0.437 e. The Morgan fingerprint density at radius 2 is 2.31 bits per heavy atom. The van der Waals surface area contributed by atoms with E-state index in [1.165, 1.54) is 11.8 Å². The Hall–Kier alpha value is -1.01. The van der Waals surface area contributed by atoms with Gasteiger partial charge in [0.25, 0.3) is 5.22 Å². The summed E-state index contributed by atoms with van der Waals surface area (Å²) in [6, 6.07) is -0.345. The molecular weight excluding hydrogens is 226 g/mol. The van der Waals surface area contributed by atoms with Gasteiger partial charge < -0.3 is 15.5 Å². The quantitative estimate of drug-likeness (QED) is 0.724. The third-order valence-corrected chi connectivity index (χ3v) is 3.10. The number of hydrogen-bond donors (Lipinski definition) is 2. The van der Waals surface area contributed by atoms with Gasteiger partial charge in [-0.3, -0.25) is 4.79 Å². The second-order valence-corrected chi connectivity index (χ2v) is 4.42. The highest BCUT2D eigenvalue weighted by molar-refractivity contribution is 7.99. The van der Waals surface area contributed by atoms with Crippen LogP contribution in [0.3, 0.4) is 0 Å². The Bertz CT molecular complexity index is 345. The molecule has 1 aromatic rings. The van der Waals surface area contributed by atoms with E-state index in [9.17, 15) is 4.79 Å². The van der Waals surface area contributed by atoms with Crippen molar-refractivity contribution in [3.63, 3.8) is 0 Å². The van der Waals surface area contributed by atoms with E-state index in [0.717, 1.165) is 11.5 Å². The van der Waals surface area contributed by atoms with Crippen molar-refractivity contribution in [2.45, 2.75) is 32.0 Å². The number of thioether (sulfide) groups is 1. The van der Waals surface area contributed by atoms with Crippen LogP contribution in [0.4, 0.5) is 0 Å². The van der Waals surface area contributed by atoms with Crippen LogP contribution in [0, 0.1) is 13.8 Å². The summed E-state index contributed by atoms with van der Waals surface area (Å²) >= 11 is 1.39. The molecule has 5 nitrogen and oxygen atoms in total. The van der Waals surface area contributed by atoms with Crippen molar-refractivity contribution in [2.75, 3.05) is 12.3 Å². The van der Waals surface area contributed by atoms with Crippen molar-refractivity contribution in [3.8, 4) is 0 Å². The molecule has 1 unspecified atom stereocenters. The molecule has 0 bridgehead atoms. The maximum absolute atomic E-state index is 11.1. The molecule has 0 spiro atoms. The summed E-state index contributed by atoms with van der Waals surface area (Å²) in [7, 11) is 0. The van der Waals surface area contributed by atoms with Crippen molar-refractivity contribution >= 4 is 17.7 Å². The number of carbonyl (C=O) groups excluding carboxylic acids is 1. The number of aromatic nitrogens is 1. The molecule has 1 amide bonds. The maximum atomic E-state index is 11.1. The highest BCUT2D eigenvalue weighted by Crippen LogP contribution is 2.20. The fraction of sp³-hybridized carbons (Fsp3) is 0.600. The molecule has 0 aliphatic carbocycles. The molecule has 0 saturated heterocycles. The second-order valence-electron chi connectivity index (χ2n) is 3.45. The van der Waals surface area contributed by atoms with E-state index >= 15 is 0 Å². The number of nitrogens with zero attached hydrogens (tertiary/aromatic N) is 1. The SMILES string of the molecule is CCNC(CSc1nc(C)c(C)o1)C(N)=O. The number of nitrogens with one attached hydrogen (secondary N) is 1. The molecule has 0 aliphatic heterocycles. The van der Waals surface area contributed by atoms with Gasteiger partial charge in [0.1, 0.15) is 5.76 Å². The molecule has 1 aromatic heterocycles. The highest BCUT2D eigenvalue weighted by atomic mass is 32.2. The van der Waals surface area contributed by atoms with E-state index < -0.39 is 0 Å². The van der Waals surface area contributed by atoms with Gasteiger partial charge in [-0.1, -0.05) is 18.7 Å². The molecular formula is C10H17N3O2S. The van der Waals surface area contributed by atoms with E-state index in [1.54, 1.807) is 0 Å². The third kappa shape index (κ3) is 3.53. The maximum Gasteiger partial charge on any atom is 0.256 e. The van der Waals surface area contributed by atoms with E-state index in [2.05, 4.69) is 10.3 Å². The first-order valence-electron chi connectivity index (χ1n) is 5.14. The molecule has 3 N–H and O–H groups in total. The van der Waals surface area contributed by atoms with Crippen LogP contribution in [0.25, 0.3) is 0 Å². The smallest absolute Gasteiger partial charge is 0.256 e. The molecule has 16 heavy (non-hydrogen) atoms. The lowest BCUT2D eigenvalue weighted by molar-refractivity contribution is -0.119. The lowest BCUT2D eigenvalue weighted by atomic mass is 10.3. The lowest BCUT2D eigenvalue weighted by Gasteiger charge is -2.11. The Morgan fingerprint density at radius 1 is 1.62 bits per heavy atom. The van der Waals surface area contributed by atoms with Crippen LogP contribution in [-0.4, -0.2) is 29.2 Å². The largest absolute Gasteiger partial charge is 0.437 e. The summed E-state index contributed by atoms with van der Waals surface area (Å²) in [6.07, 6.45) is 0. The normalized spacial score (nSPS) is 12.7. The lowest BCUT2D eigenvalue weighted by Crippen LogP contribution is -2.43. The average Bonchev–Trinajstić information content (AvgIpc) is 2.53. The van der Waals surface area contributed by atoms with Gasteiger partial charge in [-0.05, 0) is 20.4 Å². The van der Waals surface area contributed by atoms with E-state index in [1.807, 2.05) is 20.8 Å². The molecule has 0 radical (unpaired) electrons. The van der Waals surface area contributed by atoms with Gasteiger partial charge >= 0.3 is 0 Å². The Morgan fingerprint density at radius 3 is 2.75 bits per heavy atom. The number of amides is 1. The zero-order valence-corrected chi connectivity index (χ0v) is 10.6. The van der Waals surface area contributed by atoms with Gasteiger partial charge in [0.15, 0.2) is 0 Å². The molecule has 6 heteroatoms. The fourth-order valence-electron chi connectivity index (χ4n) is 1.15. The minimum absolute atomic E-state index is 0.345. The van der Waals surface area contributed by atoms with Crippen molar-refractivity contribution < 1.29 is 9.21 Å². The van der Waals surface area contributed by atoms with Crippen LogP contribution in [0.2, 0.25) is 0 Å². The monoisotopic (exact) mass is 243 g/mol. The molecule has 1 rings (SSSR count). The Balaban J connectivity index is 2.51. The molecule has 0 aromatic carbocycles. The van der Waals surface area contributed by atoms with Crippen LogP contribution in [0.5, 0.6) is 0 Å². The molecule has 0 saturated carbocycles. The number of carbonyl (C=O) groups is 1. The number of hydrogen-bond acceptors (Lipinski definition) is 5. The number of rotatable bonds is 6. The van der Waals surface area contributed by atoms with Crippen LogP contribution >= 0.6 is 11.8 Å². The Labute approximate surface area is 99.2 Å². The molecule has 1 heterocycles. The van der Waals surface area contributed by atoms with Crippen LogP contribution in [0.15, 0.2) is 9.64 Å². The van der Waals surface area contributed by atoms with Crippen molar-refractivity contribution in [2.24, 2.45) is 5.73 Å². The van der Waals surface area contributed by atoms with E-state index in [4.69, 9.17) is 10.2 Å². The molecule has 1 atom stereocenters. The summed E-state index contributed by atoms with van der Waals surface area (Å²) < 4.78 is 5.39. The van der Waals surface area contributed by atoms with E-state index in [0.29, 0.717) is 17.5 Å². The summed E-state index contributed by atoms with van der Waals surface area (Å²) in [5, 5.41) is 3.59. The predicted molar refractivity (Wildman–Crippen MR) is 63.4 cm³/mol. The average molecular weight is 243 g/mol.